The van der Waals surface area contributed by atoms with E-state index in [1.807, 2.05) is 24.0 Å². The molecular weight excluding hydrogens is 226 g/mol. The standard InChI is InChI=1S/C13H19N5/c1-5-10-12(15-8-16-13(10)14-4)11-6-7-17-18(11)9(2)3/h6-9H,5H2,1-4H3,(H,14,15,16). The highest BCUT2D eigenvalue weighted by Crippen LogP contribution is 2.27. The first kappa shape index (κ1) is 12.5. The summed E-state index contributed by atoms with van der Waals surface area (Å²) in [6, 6.07) is 2.31. The molecule has 0 amide bonds. The van der Waals surface area contributed by atoms with E-state index in [9.17, 15) is 0 Å². The summed E-state index contributed by atoms with van der Waals surface area (Å²) in [5.74, 6) is 0.888. The predicted octanol–water partition coefficient (Wildman–Crippen LogP) is 2.53. The molecule has 0 saturated heterocycles. The Kier molecular flexibility index (Phi) is 3.60. The predicted molar refractivity (Wildman–Crippen MR) is 72.6 cm³/mol. The fraction of sp³-hybridized carbons (Fsp3) is 0.462. The number of nitrogens with zero attached hydrogens (tertiary/aromatic N) is 4. The van der Waals surface area contributed by atoms with Crippen LogP contribution in [0.2, 0.25) is 0 Å². The molecule has 0 unspecified atom stereocenters. The molecule has 0 bridgehead atoms. The molecule has 0 aromatic carbocycles. The van der Waals surface area contributed by atoms with Crippen molar-refractivity contribution in [3.63, 3.8) is 0 Å². The van der Waals surface area contributed by atoms with Crippen molar-refractivity contribution in [3.8, 4) is 11.4 Å². The van der Waals surface area contributed by atoms with Gasteiger partial charge >= 0.3 is 0 Å². The van der Waals surface area contributed by atoms with Gasteiger partial charge in [0.1, 0.15) is 12.1 Å². The van der Waals surface area contributed by atoms with Crippen LogP contribution in [0.4, 0.5) is 5.82 Å². The van der Waals surface area contributed by atoms with E-state index in [1.54, 1.807) is 6.33 Å². The molecular formula is C13H19N5. The summed E-state index contributed by atoms with van der Waals surface area (Å²) in [6.07, 6.45) is 4.30. The lowest BCUT2D eigenvalue weighted by molar-refractivity contribution is 0.537. The Balaban J connectivity index is 2.60. The molecule has 0 aliphatic carbocycles. The highest BCUT2D eigenvalue weighted by atomic mass is 15.3. The van der Waals surface area contributed by atoms with E-state index in [1.165, 1.54) is 0 Å². The third kappa shape index (κ3) is 2.08. The fourth-order valence-electron chi connectivity index (χ4n) is 2.10. The second-order valence-electron chi connectivity index (χ2n) is 4.41. The first-order chi connectivity index (χ1) is 8.69. The summed E-state index contributed by atoms with van der Waals surface area (Å²) >= 11 is 0. The number of hydrogen-bond donors (Lipinski definition) is 1. The normalized spacial score (nSPS) is 10.9. The van der Waals surface area contributed by atoms with Crippen molar-refractivity contribution in [1.82, 2.24) is 19.7 Å². The van der Waals surface area contributed by atoms with Crippen molar-refractivity contribution in [2.24, 2.45) is 0 Å². The van der Waals surface area contributed by atoms with Gasteiger partial charge < -0.3 is 5.32 Å². The van der Waals surface area contributed by atoms with E-state index in [2.05, 4.69) is 41.2 Å². The molecule has 0 fully saturated rings. The maximum Gasteiger partial charge on any atom is 0.132 e. The summed E-state index contributed by atoms with van der Waals surface area (Å²) in [6.45, 7) is 6.34. The Bertz CT molecular complexity index is 530. The quantitative estimate of drug-likeness (QED) is 0.899. The summed E-state index contributed by atoms with van der Waals surface area (Å²) < 4.78 is 1.99. The zero-order valence-electron chi connectivity index (χ0n) is 11.3. The summed E-state index contributed by atoms with van der Waals surface area (Å²) in [4.78, 5) is 8.69. The number of nitrogens with one attached hydrogen (secondary N) is 1. The Morgan fingerprint density at radius 1 is 1.33 bits per heavy atom. The second kappa shape index (κ2) is 5.16. The average molecular weight is 245 g/mol. The third-order valence-corrected chi connectivity index (χ3v) is 2.94. The third-order valence-electron chi connectivity index (χ3n) is 2.94. The summed E-state index contributed by atoms with van der Waals surface area (Å²) in [7, 11) is 1.88. The van der Waals surface area contributed by atoms with Gasteiger partial charge in [-0.05, 0) is 26.3 Å². The lowest BCUT2D eigenvalue weighted by Gasteiger charge is -2.14. The number of hydrogen-bond acceptors (Lipinski definition) is 4. The first-order valence-electron chi connectivity index (χ1n) is 6.24. The van der Waals surface area contributed by atoms with Gasteiger partial charge in [-0.2, -0.15) is 5.10 Å². The lowest BCUT2D eigenvalue weighted by Crippen LogP contribution is -2.08. The monoisotopic (exact) mass is 245 g/mol. The van der Waals surface area contributed by atoms with Gasteiger partial charge in [-0.1, -0.05) is 6.92 Å². The van der Waals surface area contributed by atoms with Gasteiger partial charge in [-0.25, -0.2) is 9.97 Å². The van der Waals surface area contributed by atoms with E-state index < -0.39 is 0 Å². The van der Waals surface area contributed by atoms with Crippen LogP contribution in [0.15, 0.2) is 18.6 Å². The highest BCUT2D eigenvalue weighted by Gasteiger charge is 2.15. The Hall–Kier alpha value is -1.91. The van der Waals surface area contributed by atoms with Crippen LogP contribution in [0.5, 0.6) is 0 Å². The average Bonchev–Trinajstić information content (AvgIpc) is 2.86. The molecule has 0 spiro atoms. The van der Waals surface area contributed by atoms with Crippen molar-refractivity contribution >= 4 is 5.82 Å². The molecule has 0 aliphatic heterocycles. The molecule has 2 heterocycles. The molecule has 96 valence electrons. The molecule has 2 aromatic heterocycles. The fourth-order valence-corrected chi connectivity index (χ4v) is 2.10. The highest BCUT2D eigenvalue weighted by molar-refractivity contribution is 5.65. The van der Waals surface area contributed by atoms with Crippen LogP contribution in [-0.2, 0) is 6.42 Å². The largest absolute Gasteiger partial charge is 0.373 e. The van der Waals surface area contributed by atoms with Crippen LogP contribution >= 0.6 is 0 Å². The summed E-state index contributed by atoms with van der Waals surface area (Å²) in [5, 5.41) is 7.48. The van der Waals surface area contributed by atoms with Crippen LogP contribution in [0.3, 0.4) is 0 Å². The molecule has 0 atom stereocenters. The Labute approximate surface area is 107 Å². The van der Waals surface area contributed by atoms with Crippen molar-refractivity contribution < 1.29 is 0 Å². The Morgan fingerprint density at radius 3 is 2.72 bits per heavy atom. The molecule has 0 radical (unpaired) electrons. The van der Waals surface area contributed by atoms with E-state index in [0.717, 1.165) is 29.2 Å². The minimum absolute atomic E-state index is 0.313. The molecule has 2 rings (SSSR count). The number of aromatic nitrogens is 4. The maximum atomic E-state index is 4.43. The number of anilines is 1. The van der Waals surface area contributed by atoms with Crippen molar-refractivity contribution in [3.05, 3.63) is 24.2 Å². The topological polar surface area (TPSA) is 55.6 Å². The summed E-state index contributed by atoms with van der Waals surface area (Å²) in [5.41, 5.74) is 3.13. The lowest BCUT2D eigenvalue weighted by atomic mass is 10.1. The zero-order valence-corrected chi connectivity index (χ0v) is 11.3. The van der Waals surface area contributed by atoms with Gasteiger partial charge in [0.15, 0.2) is 0 Å². The van der Waals surface area contributed by atoms with E-state index in [-0.39, 0.29) is 0 Å². The second-order valence-corrected chi connectivity index (χ2v) is 4.41. The molecule has 2 aromatic rings. The minimum atomic E-state index is 0.313. The molecule has 1 N–H and O–H groups in total. The van der Waals surface area contributed by atoms with Crippen LogP contribution in [0.1, 0.15) is 32.4 Å². The van der Waals surface area contributed by atoms with E-state index in [0.29, 0.717) is 6.04 Å². The molecule has 0 saturated carbocycles. The molecule has 5 nitrogen and oxygen atoms in total. The van der Waals surface area contributed by atoms with Gasteiger partial charge in [-0.15, -0.1) is 0 Å². The van der Waals surface area contributed by atoms with E-state index >= 15 is 0 Å². The molecule has 5 heteroatoms. The van der Waals surface area contributed by atoms with Crippen molar-refractivity contribution in [2.75, 3.05) is 12.4 Å². The van der Waals surface area contributed by atoms with Crippen LogP contribution in [-0.4, -0.2) is 26.8 Å². The van der Waals surface area contributed by atoms with Gasteiger partial charge in [0.25, 0.3) is 0 Å². The zero-order chi connectivity index (χ0) is 13.1. The van der Waals surface area contributed by atoms with Gasteiger partial charge in [0, 0.05) is 24.8 Å². The SMILES string of the molecule is CCc1c(NC)ncnc1-c1ccnn1C(C)C. The van der Waals surface area contributed by atoms with Gasteiger partial charge in [0.2, 0.25) is 0 Å². The molecule has 0 aliphatic rings. The van der Waals surface area contributed by atoms with Gasteiger partial charge in [-0.3, -0.25) is 4.68 Å². The van der Waals surface area contributed by atoms with E-state index in [4.69, 9.17) is 0 Å². The molecule has 18 heavy (non-hydrogen) atoms. The number of rotatable bonds is 4. The van der Waals surface area contributed by atoms with Crippen LogP contribution in [0.25, 0.3) is 11.4 Å². The first-order valence-corrected chi connectivity index (χ1v) is 6.24. The van der Waals surface area contributed by atoms with Gasteiger partial charge in [0.05, 0.1) is 11.4 Å². The maximum absolute atomic E-state index is 4.43. The van der Waals surface area contributed by atoms with Crippen LogP contribution in [0, 0.1) is 0 Å². The van der Waals surface area contributed by atoms with Crippen LogP contribution < -0.4 is 5.32 Å². The Morgan fingerprint density at radius 2 is 2.11 bits per heavy atom. The van der Waals surface area contributed by atoms with Crippen molar-refractivity contribution in [1.29, 1.82) is 0 Å². The minimum Gasteiger partial charge on any atom is -0.373 e. The van der Waals surface area contributed by atoms with Crippen molar-refractivity contribution in [2.45, 2.75) is 33.2 Å². The smallest absolute Gasteiger partial charge is 0.132 e.